The number of aryl methyl sites for hydroxylation is 2. The van der Waals surface area contributed by atoms with Crippen molar-refractivity contribution in [1.82, 2.24) is 0 Å². The first kappa shape index (κ1) is 13.8. The SMILES string of the molecule is C/C=C/c1cc2c3cc(N)c(C)cc3c3cc(C)sc3c2s1. The van der Waals surface area contributed by atoms with Crippen LogP contribution in [0.1, 0.15) is 22.2 Å². The zero-order valence-corrected chi connectivity index (χ0v) is 14.5. The molecule has 0 spiro atoms. The zero-order chi connectivity index (χ0) is 15.4. The van der Waals surface area contributed by atoms with Gasteiger partial charge in [-0.2, -0.15) is 0 Å². The molecule has 0 fully saturated rings. The number of rotatable bonds is 1. The minimum absolute atomic E-state index is 0.874. The van der Waals surface area contributed by atoms with Crippen molar-refractivity contribution in [3.8, 4) is 0 Å². The Morgan fingerprint density at radius 1 is 0.864 bits per heavy atom. The number of anilines is 1. The molecule has 0 amide bonds. The van der Waals surface area contributed by atoms with E-state index in [1.54, 1.807) is 0 Å². The molecule has 2 N–H and O–H groups in total. The molecule has 0 atom stereocenters. The molecule has 0 aliphatic rings. The Balaban J connectivity index is 2.30. The minimum Gasteiger partial charge on any atom is -0.398 e. The molecule has 4 rings (SSSR count). The van der Waals surface area contributed by atoms with Gasteiger partial charge in [0.15, 0.2) is 0 Å². The summed E-state index contributed by atoms with van der Waals surface area (Å²) in [7, 11) is 0. The van der Waals surface area contributed by atoms with Crippen LogP contribution in [0.2, 0.25) is 0 Å². The van der Waals surface area contributed by atoms with E-state index >= 15 is 0 Å². The molecule has 0 aliphatic carbocycles. The van der Waals surface area contributed by atoms with E-state index in [4.69, 9.17) is 5.73 Å². The lowest BCUT2D eigenvalue weighted by molar-refractivity contribution is 1.51. The first-order valence-electron chi connectivity index (χ1n) is 7.36. The van der Waals surface area contributed by atoms with E-state index in [0.29, 0.717) is 0 Å². The Labute approximate surface area is 137 Å². The van der Waals surface area contributed by atoms with Crippen LogP contribution in [0.4, 0.5) is 5.69 Å². The molecule has 2 aromatic heterocycles. The maximum Gasteiger partial charge on any atom is 0.0534 e. The molecular formula is C19H17NS2. The first-order chi connectivity index (χ1) is 10.6. The summed E-state index contributed by atoms with van der Waals surface area (Å²) in [6, 6.07) is 9.00. The standard InChI is InChI=1S/C19H17NS2/c1-4-5-12-8-16-14-9-17(20)10(2)6-13(14)15-7-11(3)21-18(15)19(16)22-12/h4-9H,20H2,1-3H3/b5-4+. The average molecular weight is 323 g/mol. The lowest BCUT2D eigenvalue weighted by atomic mass is 10.00. The van der Waals surface area contributed by atoms with Crippen LogP contribution in [0.15, 0.2) is 30.3 Å². The highest BCUT2D eigenvalue weighted by atomic mass is 32.1. The quantitative estimate of drug-likeness (QED) is 0.397. The third-order valence-electron chi connectivity index (χ3n) is 4.13. The largest absolute Gasteiger partial charge is 0.398 e. The molecule has 0 bridgehead atoms. The molecule has 0 saturated heterocycles. The highest BCUT2D eigenvalue weighted by Gasteiger charge is 2.14. The van der Waals surface area contributed by atoms with Crippen LogP contribution in [-0.4, -0.2) is 0 Å². The molecule has 2 aromatic carbocycles. The van der Waals surface area contributed by atoms with Gasteiger partial charge in [-0.3, -0.25) is 0 Å². The smallest absolute Gasteiger partial charge is 0.0534 e. The van der Waals surface area contributed by atoms with Gasteiger partial charge >= 0.3 is 0 Å². The van der Waals surface area contributed by atoms with Gasteiger partial charge in [-0.1, -0.05) is 6.08 Å². The van der Waals surface area contributed by atoms with Crippen LogP contribution < -0.4 is 5.73 Å². The molecule has 0 aliphatic heterocycles. The van der Waals surface area contributed by atoms with Crippen molar-refractivity contribution >= 4 is 65.4 Å². The van der Waals surface area contributed by atoms with Gasteiger partial charge in [0, 0.05) is 26.2 Å². The van der Waals surface area contributed by atoms with Gasteiger partial charge in [0.2, 0.25) is 0 Å². The molecule has 0 unspecified atom stereocenters. The van der Waals surface area contributed by atoms with Gasteiger partial charge in [-0.25, -0.2) is 0 Å². The number of hydrogen-bond donors (Lipinski definition) is 1. The van der Waals surface area contributed by atoms with Crippen molar-refractivity contribution < 1.29 is 0 Å². The average Bonchev–Trinajstić information content (AvgIpc) is 3.05. The van der Waals surface area contributed by atoms with Crippen molar-refractivity contribution in [2.75, 3.05) is 5.73 Å². The van der Waals surface area contributed by atoms with E-state index < -0.39 is 0 Å². The molecule has 0 radical (unpaired) electrons. The van der Waals surface area contributed by atoms with E-state index in [0.717, 1.165) is 11.3 Å². The van der Waals surface area contributed by atoms with E-state index in [2.05, 4.69) is 57.2 Å². The maximum atomic E-state index is 6.18. The topological polar surface area (TPSA) is 26.0 Å². The van der Waals surface area contributed by atoms with Crippen LogP contribution in [0.5, 0.6) is 0 Å². The third-order valence-corrected chi connectivity index (χ3v) is 6.45. The number of fused-ring (bicyclic) bond motifs is 6. The van der Waals surface area contributed by atoms with E-state index in [1.165, 1.54) is 40.7 Å². The number of benzene rings is 2. The number of nitrogen functional groups attached to an aromatic ring is 1. The van der Waals surface area contributed by atoms with E-state index in [1.807, 2.05) is 22.7 Å². The molecule has 0 saturated carbocycles. The summed E-state index contributed by atoms with van der Waals surface area (Å²) in [6.45, 7) is 6.34. The predicted octanol–water partition coefficient (Wildman–Crippen LogP) is 6.50. The fourth-order valence-electron chi connectivity index (χ4n) is 3.08. The van der Waals surface area contributed by atoms with Crippen molar-refractivity contribution in [2.45, 2.75) is 20.8 Å². The van der Waals surface area contributed by atoms with Crippen molar-refractivity contribution in [1.29, 1.82) is 0 Å². The second-order valence-electron chi connectivity index (χ2n) is 5.75. The van der Waals surface area contributed by atoms with Crippen LogP contribution in [-0.2, 0) is 0 Å². The lowest BCUT2D eigenvalue weighted by Crippen LogP contribution is -1.89. The molecule has 1 nitrogen and oxygen atoms in total. The van der Waals surface area contributed by atoms with Gasteiger partial charge in [-0.05, 0) is 67.4 Å². The Kier molecular flexibility index (Phi) is 3.03. The fourth-order valence-corrected chi connectivity index (χ4v) is 5.41. The second-order valence-corrected chi connectivity index (χ2v) is 8.09. The number of thiophene rings is 2. The van der Waals surface area contributed by atoms with E-state index in [-0.39, 0.29) is 0 Å². The van der Waals surface area contributed by atoms with Crippen LogP contribution in [0, 0.1) is 13.8 Å². The summed E-state index contributed by atoms with van der Waals surface area (Å²) in [6.07, 6.45) is 4.28. The highest BCUT2D eigenvalue weighted by molar-refractivity contribution is 7.28. The molecular weight excluding hydrogens is 306 g/mol. The molecule has 110 valence electrons. The molecule has 3 heteroatoms. The lowest BCUT2D eigenvalue weighted by Gasteiger charge is -2.07. The highest BCUT2D eigenvalue weighted by Crippen LogP contribution is 2.44. The van der Waals surface area contributed by atoms with Crippen molar-refractivity contribution in [3.05, 3.63) is 45.7 Å². The van der Waals surface area contributed by atoms with Gasteiger partial charge < -0.3 is 5.73 Å². The van der Waals surface area contributed by atoms with Crippen LogP contribution in [0.25, 0.3) is 37.0 Å². The van der Waals surface area contributed by atoms with Gasteiger partial charge in [0.1, 0.15) is 0 Å². The van der Waals surface area contributed by atoms with Gasteiger partial charge in [0.05, 0.1) is 9.40 Å². The number of nitrogens with two attached hydrogens (primary N) is 1. The van der Waals surface area contributed by atoms with Gasteiger partial charge in [-0.15, -0.1) is 22.7 Å². The maximum absolute atomic E-state index is 6.18. The van der Waals surface area contributed by atoms with Crippen molar-refractivity contribution in [3.63, 3.8) is 0 Å². The monoisotopic (exact) mass is 323 g/mol. The Bertz CT molecular complexity index is 1060. The Hall–Kier alpha value is -1.84. The summed E-state index contributed by atoms with van der Waals surface area (Å²) in [4.78, 5) is 2.66. The number of allylic oxidation sites excluding steroid dienone is 1. The zero-order valence-electron chi connectivity index (χ0n) is 12.9. The fraction of sp³-hybridized carbons (Fsp3) is 0.158. The van der Waals surface area contributed by atoms with E-state index in [9.17, 15) is 0 Å². The van der Waals surface area contributed by atoms with Crippen molar-refractivity contribution in [2.24, 2.45) is 0 Å². The predicted molar refractivity (Wildman–Crippen MR) is 103 cm³/mol. The summed E-state index contributed by atoms with van der Waals surface area (Å²) < 4.78 is 2.79. The Morgan fingerprint density at radius 2 is 1.55 bits per heavy atom. The minimum atomic E-state index is 0.874. The second kappa shape index (κ2) is 4.83. The summed E-state index contributed by atoms with van der Waals surface area (Å²) in [5, 5.41) is 5.29. The first-order valence-corrected chi connectivity index (χ1v) is 9.00. The molecule has 2 heterocycles. The molecule has 22 heavy (non-hydrogen) atoms. The van der Waals surface area contributed by atoms with Crippen LogP contribution >= 0.6 is 22.7 Å². The summed E-state index contributed by atoms with van der Waals surface area (Å²) >= 11 is 3.77. The Morgan fingerprint density at radius 3 is 2.32 bits per heavy atom. The normalized spacial score (nSPS) is 12.3. The molecule has 4 aromatic rings. The number of hydrogen-bond acceptors (Lipinski definition) is 3. The summed E-state index contributed by atoms with van der Waals surface area (Å²) in [5.41, 5.74) is 8.21. The summed E-state index contributed by atoms with van der Waals surface area (Å²) in [5.74, 6) is 0. The van der Waals surface area contributed by atoms with Crippen LogP contribution in [0.3, 0.4) is 0 Å². The third kappa shape index (κ3) is 1.89. The van der Waals surface area contributed by atoms with Gasteiger partial charge in [0.25, 0.3) is 0 Å².